The van der Waals surface area contributed by atoms with Crippen LogP contribution in [0.4, 0.5) is 0 Å². The number of amides is 1. The molecule has 9 heteroatoms. The maximum absolute atomic E-state index is 12.7. The molecule has 0 radical (unpaired) electrons. The van der Waals surface area contributed by atoms with Crippen LogP contribution in [0.1, 0.15) is 30.9 Å². The summed E-state index contributed by atoms with van der Waals surface area (Å²) in [6.07, 6.45) is 2.52. The van der Waals surface area contributed by atoms with Gasteiger partial charge in [0.2, 0.25) is 5.91 Å². The number of carbonyl (C=O) groups is 1. The highest BCUT2D eigenvalue weighted by molar-refractivity contribution is 7.80. The van der Waals surface area contributed by atoms with Crippen molar-refractivity contribution in [3.05, 3.63) is 34.2 Å². The van der Waals surface area contributed by atoms with E-state index in [0.29, 0.717) is 43.3 Å². The molecule has 3 saturated heterocycles. The van der Waals surface area contributed by atoms with Crippen molar-refractivity contribution >= 4 is 23.2 Å². The second kappa shape index (κ2) is 7.94. The van der Waals surface area contributed by atoms with E-state index in [1.807, 2.05) is 21.6 Å². The molecule has 1 aromatic heterocycles. The lowest BCUT2D eigenvalue weighted by molar-refractivity contribution is -0.187. The van der Waals surface area contributed by atoms with Crippen LogP contribution in [-0.2, 0) is 20.8 Å². The largest absolute Gasteiger partial charge is 0.353 e. The van der Waals surface area contributed by atoms with E-state index >= 15 is 0 Å². The summed E-state index contributed by atoms with van der Waals surface area (Å²) in [5.74, 6) is 0.283. The number of carbonyl (C=O) groups excluding carboxylic acids is 1. The van der Waals surface area contributed by atoms with Gasteiger partial charge in [-0.15, -0.1) is 0 Å². The third-order valence-corrected chi connectivity index (χ3v) is 7.25. The Labute approximate surface area is 181 Å². The van der Waals surface area contributed by atoms with Crippen LogP contribution < -0.4 is 10.9 Å². The Hall–Kier alpha value is -1.97. The molecule has 5 heterocycles. The van der Waals surface area contributed by atoms with Crippen molar-refractivity contribution in [3.63, 3.8) is 0 Å². The Kier molecular flexibility index (Phi) is 5.28. The molecule has 2 atom stereocenters. The Morgan fingerprint density at radius 2 is 1.90 bits per heavy atom. The Balaban J connectivity index is 1.14. The molecule has 4 aliphatic rings. The summed E-state index contributed by atoms with van der Waals surface area (Å²) in [6, 6.07) is 5.52. The lowest BCUT2D eigenvalue weighted by Crippen LogP contribution is -2.54. The standard InChI is InChI=1S/C21H28N4O4S/c26-18-3-1-2-17-16-10-15(13-25(17)18)12-24(14-16)20(30)22-11-19(27)23-6-4-21(5-7-23)28-8-9-29-21/h1-3,15-16H,4-14H2,(H,22,30). The first-order valence-corrected chi connectivity index (χ1v) is 11.2. The molecule has 1 aromatic rings. The molecule has 3 fully saturated rings. The van der Waals surface area contributed by atoms with E-state index in [2.05, 4.69) is 10.2 Å². The maximum Gasteiger partial charge on any atom is 0.250 e. The fourth-order valence-electron chi connectivity index (χ4n) is 5.32. The molecule has 4 aliphatic heterocycles. The number of hydrogen-bond acceptors (Lipinski definition) is 5. The van der Waals surface area contributed by atoms with Crippen LogP contribution in [0.15, 0.2) is 23.0 Å². The van der Waals surface area contributed by atoms with Gasteiger partial charge in [-0.2, -0.15) is 0 Å². The molecule has 162 valence electrons. The number of hydrogen-bond donors (Lipinski definition) is 1. The van der Waals surface area contributed by atoms with Crippen LogP contribution in [0, 0.1) is 5.92 Å². The van der Waals surface area contributed by atoms with Crippen molar-refractivity contribution in [3.8, 4) is 0 Å². The average molecular weight is 433 g/mol. The van der Waals surface area contributed by atoms with E-state index in [1.54, 1.807) is 6.07 Å². The molecule has 2 bridgehead atoms. The second-order valence-corrected chi connectivity index (χ2v) is 9.14. The van der Waals surface area contributed by atoms with Crippen molar-refractivity contribution in [1.29, 1.82) is 0 Å². The molecule has 1 spiro atoms. The van der Waals surface area contributed by atoms with Crippen LogP contribution in [0.25, 0.3) is 0 Å². The Morgan fingerprint density at radius 1 is 1.13 bits per heavy atom. The van der Waals surface area contributed by atoms with Gasteiger partial charge < -0.3 is 29.2 Å². The number of rotatable bonds is 2. The fourth-order valence-corrected chi connectivity index (χ4v) is 5.54. The number of nitrogens with zero attached hydrogens (tertiary/aromatic N) is 3. The number of nitrogens with one attached hydrogen (secondary N) is 1. The van der Waals surface area contributed by atoms with Gasteiger partial charge in [0.05, 0.1) is 19.8 Å². The molecular formula is C21H28N4O4S. The molecule has 0 aromatic carbocycles. The highest BCUT2D eigenvalue weighted by Gasteiger charge is 2.41. The minimum Gasteiger partial charge on any atom is -0.353 e. The highest BCUT2D eigenvalue weighted by Crippen LogP contribution is 2.35. The van der Waals surface area contributed by atoms with Gasteiger partial charge in [0.25, 0.3) is 5.56 Å². The number of thiocarbonyl (C=S) groups is 1. The summed E-state index contributed by atoms with van der Waals surface area (Å²) in [4.78, 5) is 28.8. The third-order valence-electron chi connectivity index (χ3n) is 6.85. The van der Waals surface area contributed by atoms with E-state index in [-0.39, 0.29) is 18.0 Å². The normalized spacial score (nSPS) is 27.1. The number of piperidine rings is 2. The van der Waals surface area contributed by atoms with Crippen molar-refractivity contribution in [2.24, 2.45) is 5.92 Å². The van der Waals surface area contributed by atoms with Crippen LogP contribution >= 0.6 is 12.2 Å². The summed E-state index contributed by atoms with van der Waals surface area (Å²) in [6.45, 7) is 5.11. The molecule has 1 amide bonds. The zero-order valence-corrected chi connectivity index (χ0v) is 17.9. The van der Waals surface area contributed by atoms with Crippen LogP contribution in [0.3, 0.4) is 0 Å². The number of ether oxygens (including phenoxy) is 2. The van der Waals surface area contributed by atoms with E-state index in [0.717, 1.165) is 44.6 Å². The van der Waals surface area contributed by atoms with Crippen molar-refractivity contribution in [1.82, 2.24) is 19.7 Å². The minimum atomic E-state index is -0.469. The van der Waals surface area contributed by atoms with Gasteiger partial charge in [-0.05, 0) is 30.6 Å². The highest BCUT2D eigenvalue weighted by atomic mass is 32.1. The molecule has 0 saturated carbocycles. The second-order valence-electron chi connectivity index (χ2n) is 8.75. The number of likely N-dealkylation sites (tertiary alicyclic amines) is 2. The lowest BCUT2D eigenvalue weighted by Gasteiger charge is -2.43. The smallest absolute Gasteiger partial charge is 0.250 e. The summed E-state index contributed by atoms with van der Waals surface area (Å²) >= 11 is 5.61. The van der Waals surface area contributed by atoms with Gasteiger partial charge in [-0.1, -0.05) is 6.07 Å². The van der Waals surface area contributed by atoms with Gasteiger partial charge in [-0.25, -0.2) is 0 Å². The molecule has 5 rings (SSSR count). The van der Waals surface area contributed by atoms with Crippen LogP contribution in [0.2, 0.25) is 0 Å². The van der Waals surface area contributed by atoms with Crippen molar-refractivity contribution in [2.45, 2.75) is 37.5 Å². The first kappa shape index (κ1) is 20.0. The zero-order valence-electron chi connectivity index (χ0n) is 17.0. The summed E-state index contributed by atoms with van der Waals surface area (Å²) in [5.41, 5.74) is 1.18. The molecule has 8 nitrogen and oxygen atoms in total. The first-order valence-electron chi connectivity index (χ1n) is 10.8. The minimum absolute atomic E-state index is 0.0549. The average Bonchev–Trinajstić information content (AvgIpc) is 3.21. The summed E-state index contributed by atoms with van der Waals surface area (Å²) in [7, 11) is 0. The number of aromatic nitrogens is 1. The van der Waals surface area contributed by atoms with Gasteiger partial charge in [0.15, 0.2) is 10.9 Å². The summed E-state index contributed by atoms with van der Waals surface area (Å²) in [5, 5.41) is 3.80. The summed E-state index contributed by atoms with van der Waals surface area (Å²) < 4.78 is 13.4. The molecule has 2 unspecified atom stereocenters. The molecule has 30 heavy (non-hydrogen) atoms. The zero-order chi connectivity index (χ0) is 20.7. The lowest BCUT2D eigenvalue weighted by atomic mass is 9.83. The molecule has 1 N–H and O–H groups in total. The van der Waals surface area contributed by atoms with Crippen molar-refractivity contribution < 1.29 is 14.3 Å². The monoisotopic (exact) mass is 432 g/mol. The predicted octanol–water partition coefficient (Wildman–Crippen LogP) is 0.507. The quantitative estimate of drug-likeness (QED) is 0.683. The maximum atomic E-state index is 12.7. The fraction of sp³-hybridized carbons (Fsp3) is 0.667. The Bertz CT molecular complexity index is 887. The third kappa shape index (κ3) is 3.74. The van der Waals surface area contributed by atoms with E-state index < -0.39 is 5.79 Å². The first-order chi connectivity index (χ1) is 14.5. The van der Waals surface area contributed by atoms with E-state index in [9.17, 15) is 9.59 Å². The number of pyridine rings is 1. The van der Waals surface area contributed by atoms with E-state index in [4.69, 9.17) is 21.7 Å². The van der Waals surface area contributed by atoms with Gasteiger partial charge >= 0.3 is 0 Å². The van der Waals surface area contributed by atoms with Crippen molar-refractivity contribution in [2.75, 3.05) is 45.9 Å². The Morgan fingerprint density at radius 3 is 2.67 bits per heavy atom. The van der Waals surface area contributed by atoms with Crippen LogP contribution in [0.5, 0.6) is 0 Å². The topological polar surface area (TPSA) is 76.0 Å². The van der Waals surface area contributed by atoms with E-state index in [1.165, 1.54) is 0 Å². The SMILES string of the molecule is O=C(CNC(=S)N1CC2CC(C1)c1cccc(=O)n1C2)N1CCC2(CC1)OCCO2. The van der Waals surface area contributed by atoms with Crippen LogP contribution in [-0.4, -0.2) is 77.1 Å². The predicted molar refractivity (Wildman–Crippen MR) is 114 cm³/mol. The molecular weight excluding hydrogens is 404 g/mol. The van der Waals surface area contributed by atoms with Gasteiger partial charge in [0.1, 0.15) is 0 Å². The van der Waals surface area contributed by atoms with Gasteiger partial charge in [0, 0.05) is 63.2 Å². The molecule has 0 aliphatic carbocycles. The van der Waals surface area contributed by atoms with Gasteiger partial charge in [-0.3, -0.25) is 9.59 Å². The number of fused-ring (bicyclic) bond motifs is 4.